The lowest BCUT2D eigenvalue weighted by molar-refractivity contribution is -0.384. The Bertz CT molecular complexity index is 833. The van der Waals surface area contributed by atoms with E-state index in [2.05, 4.69) is 24.0 Å². The highest BCUT2D eigenvalue weighted by Gasteiger charge is 2.24. The lowest BCUT2D eigenvalue weighted by atomic mass is 10.1. The Balaban J connectivity index is 1.62. The van der Waals surface area contributed by atoms with Crippen LogP contribution in [0, 0.1) is 17.0 Å². The predicted molar refractivity (Wildman–Crippen MR) is 100 cm³/mol. The molecule has 2 aromatic carbocycles. The van der Waals surface area contributed by atoms with Crippen molar-refractivity contribution in [3.63, 3.8) is 0 Å². The van der Waals surface area contributed by atoms with Crippen LogP contribution in [0.2, 0.25) is 5.02 Å². The summed E-state index contributed by atoms with van der Waals surface area (Å²) in [5.41, 5.74) is 2.76. The second-order valence-electron chi connectivity index (χ2n) is 6.42. The summed E-state index contributed by atoms with van der Waals surface area (Å²) >= 11 is 6.08. The van der Waals surface area contributed by atoms with Crippen LogP contribution in [0.15, 0.2) is 42.5 Å². The van der Waals surface area contributed by atoms with E-state index in [1.807, 2.05) is 12.1 Å². The van der Waals surface area contributed by atoms with Gasteiger partial charge < -0.3 is 4.90 Å². The molecule has 136 valence electrons. The summed E-state index contributed by atoms with van der Waals surface area (Å²) in [6.45, 7) is 5.75. The molecule has 6 nitrogen and oxygen atoms in total. The molecule has 0 aliphatic carbocycles. The number of carbonyl (C=O) groups is 1. The van der Waals surface area contributed by atoms with Crippen LogP contribution in [0.5, 0.6) is 0 Å². The van der Waals surface area contributed by atoms with Crippen molar-refractivity contribution in [1.82, 2.24) is 9.80 Å². The quantitative estimate of drug-likeness (QED) is 0.607. The van der Waals surface area contributed by atoms with Crippen molar-refractivity contribution in [2.75, 3.05) is 26.2 Å². The van der Waals surface area contributed by atoms with Gasteiger partial charge in [-0.1, -0.05) is 35.9 Å². The van der Waals surface area contributed by atoms with Gasteiger partial charge in [-0.3, -0.25) is 19.8 Å². The maximum atomic E-state index is 12.7. The summed E-state index contributed by atoms with van der Waals surface area (Å²) in [6.07, 6.45) is 0. The number of rotatable bonds is 4. The summed E-state index contributed by atoms with van der Waals surface area (Å²) in [4.78, 5) is 27.0. The average Bonchev–Trinajstić information content (AvgIpc) is 2.63. The van der Waals surface area contributed by atoms with Gasteiger partial charge in [0.05, 0.1) is 15.5 Å². The molecule has 0 aromatic heterocycles. The van der Waals surface area contributed by atoms with Crippen molar-refractivity contribution >= 4 is 23.2 Å². The number of nitro benzene ring substituents is 1. The molecule has 0 unspecified atom stereocenters. The first kappa shape index (κ1) is 18.4. The summed E-state index contributed by atoms with van der Waals surface area (Å²) in [5, 5.41) is 10.9. The largest absolute Gasteiger partial charge is 0.336 e. The zero-order valence-electron chi connectivity index (χ0n) is 14.5. The molecule has 2 aromatic rings. The number of hydrogen-bond acceptors (Lipinski definition) is 4. The second-order valence-corrected chi connectivity index (χ2v) is 6.82. The van der Waals surface area contributed by atoms with Crippen LogP contribution in [-0.2, 0) is 6.54 Å². The average molecular weight is 374 g/mol. The number of non-ortho nitro benzene ring substituents is 1. The highest BCUT2D eigenvalue weighted by molar-refractivity contribution is 6.34. The van der Waals surface area contributed by atoms with Gasteiger partial charge in [-0.25, -0.2) is 0 Å². The third-order valence-corrected chi connectivity index (χ3v) is 5.02. The SMILES string of the molecule is Cc1ccccc1CN1CCN(C(=O)c2ccc([N+](=O)[O-])cc2Cl)CC1. The lowest BCUT2D eigenvalue weighted by Gasteiger charge is -2.35. The molecule has 1 aliphatic rings. The van der Waals surface area contributed by atoms with E-state index >= 15 is 0 Å². The number of piperazine rings is 1. The van der Waals surface area contributed by atoms with Crippen molar-refractivity contribution < 1.29 is 9.72 Å². The lowest BCUT2D eigenvalue weighted by Crippen LogP contribution is -2.48. The highest BCUT2D eigenvalue weighted by atomic mass is 35.5. The Morgan fingerprint density at radius 2 is 1.85 bits per heavy atom. The van der Waals surface area contributed by atoms with Crippen LogP contribution in [0.3, 0.4) is 0 Å². The molecule has 0 spiro atoms. The molecule has 0 saturated carbocycles. The van der Waals surface area contributed by atoms with Crippen molar-refractivity contribution in [2.24, 2.45) is 0 Å². The summed E-state index contributed by atoms with van der Waals surface area (Å²) in [6, 6.07) is 12.3. The number of nitrogens with zero attached hydrogens (tertiary/aromatic N) is 3. The Kier molecular flexibility index (Phi) is 5.54. The molecule has 1 fully saturated rings. The van der Waals surface area contributed by atoms with Gasteiger partial charge in [-0.2, -0.15) is 0 Å². The number of benzene rings is 2. The van der Waals surface area contributed by atoms with E-state index in [1.54, 1.807) is 4.90 Å². The fraction of sp³-hybridized carbons (Fsp3) is 0.316. The molecular weight excluding hydrogens is 354 g/mol. The van der Waals surface area contributed by atoms with E-state index < -0.39 is 4.92 Å². The maximum Gasteiger partial charge on any atom is 0.270 e. The van der Waals surface area contributed by atoms with Gasteiger partial charge in [0.2, 0.25) is 0 Å². The predicted octanol–water partition coefficient (Wildman–Crippen LogP) is 3.51. The first-order valence-electron chi connectivity index (χ1n) is 8.46. The summed E-state index contributed by atoms with van der Waals surface area (Å²) in [7, 11) is 0. The van der Waals surface area contributed by atoms with Crippen LogP contribution < -0.4 is 0 Å². The number of nitro groups is 1. The number of halogens is 1. The monoisotopic (exact) mass is 373 g/mol. The van der Waals surface area contributed by atoms with E-state index in [-0.39, 0.29) is 16.6 Å². The zero-order chi connectivity index (χ0) is 18.7. The Morgan fingerprint density at radius 1 is 1.15 bits per heavy atom. The van der Waals surface area contributed by atoms with Gasteiger partial charge in [-0.05, 0) is 24.1 Å². The van der Waals surface area contributed by atoms with E-state index in [9.17, 15) is 14.9 Å². The van der Waals surface area contributed by atoms with Crippen molar-refractivity contribution in [2.45, 2.75) is 13.5 Å². The summed E-state index contributed by atoms with van der Waals surface area (Å²) in [5.74, 6) is -0.180. The van der Waals surface area contributed by atoms with Gasteiger partial charge >= 0.3 is 0 Å². The van der Waals surface area contributed by atoms with Crippen molar-refractivity contribution in [1.29, 1.82) is 0 Å². The molecule has 1 heterocycles. The molecule has 1 aliphatic heterocycles. The van der Waals surface area contributed by atoms with Crippen LogP contribution in [0.4, 0.5) is 5.69 Å². The Labute approximate surface area is 157 Å². The van der Waals surface area contributed by atoms with Gasteiger partial charge in [-0.15, -0.1) is 0 Å². The minimum atomic E-state index is -0.523. The van der Waals surface area contributed by atoms with E-state index in [0.29, 0.717) is 18.7 Å². The van der Waals surface area contributed by atoms with Crippen LogP contribution >= 0.6 is 11.6 Å². The molecule has 0 atom stereocenters. The molecule has 0 radical (unpaired) electrons. The minimum absolute atomic E-state index is 0.116. The molecule has 7 heteroatoms. The third kappa shape index (κ3) is 4.03. The zero-order valence-corrected chi connectivity index (χ0v) is 15.3. The number of amides is 1. The molecule has 3 rings (SSSR count). The number of hydrogen-bond donors (Lipinski definition) is 0. The smallest absolute Gasteiger partial charge is 0.270 e. The van der Waals surface area contributed by atoms with Crippen molar-refractivity contribution in [3.05, 3.63) is 74.3 Å². The first-order chi connectivity index (χ1) is 12.5. The number of carbonyl (C=O) groups excluding carboxylic acids is 1. The van der Waals surface area contributed by atoms with Crippen LogP contribution in [0.25, 0.3) is 0 Å². The summed E-state index contributed by atoms with van der Waals surface area (Å²) < 4.78 is 0. The standard InChI is InChI=1S/C19H20ClN3O3/c1-14-4-2-3-5-15(14)13-21-8-10-22(11-9-21)19(24)17-7-6-16(23(25)26)12-18(17)20/h2-7,12H,8-11,13H2,1H3. The minimum Gasteiger partial charge on any atom is -0.336 e. The van der Waals surface area contributed by atoms with E-state index in [0.717, 1.165) is 19.6 Å². The van der Waals surface area contributed by atoms with E-state index in [1.165, 1.54) is 29.3 Å². The topological polar surface area (TPSA) is 66.7 Å². The molecule has 0 N–H and O–H groups in total. The van der Waals surface area contributed by atoms with Gasteiger partial charge in [0, 0.05) is 44.9 Å². The van der Waals surface area contributed by atoms with Gasteiger partial charge in [0.25, 0.3) is 11.6 Å². The number of aryl methyl sites for hydroxylation is 1. The molecule has 1 saturated heterocycles. The second kappa shape index (κ2) is 7.85. The first-order valence-corrected chi connectivity index (χ1v) is 8.83. The third-order valence-electron chi connectivity index (χ3n) is 4.71. The normalized spacial score (nSPS) is 15.1. The Hall–Kier alpha value is -2.44. The van der Waals surface area contributed by atoms with Gasteiger partial charge in [0.1, 0.15) is 0 Å². The fourth-order valence-electron chi connectivity index (χ4n) is 3.10. The highest BCUT2D eigenvalue weighted by Crippen LogP contribution is 2.24. The maximum absolute atomic E-state index is 12.7. The molecule has 0 bridgehead atoms. The van der Waals surface area contributed by atoms with E-state index in [4.69, 9.17) is 11.6 Å². The Morgan fingerprint density at radius 3 is 2.46 bits per heavy atom. The van der Waals surface area contributed by atoms with Crippen LogP contribution in [-0.4, -0.2) is 46.8 Å². The molecule has 26 heavy (non-hydrogen) atoms. The molecule has 1 amide bonds. The van der Waals surface area contributed by atoms with Gasteiger partial charge in [0.15, 0.2) is 0 Å². The molecular formula is C19H20ClN3O3. The fourth-order valence-corrected chi connectivity index (χ4v) is 3.35. The van der Waals surface area contributed by atoms with Crippen molar-refractivity contribution in [3.8, 4) is 0 Å². The van der Waals surface area contributed by atoms with Crippen LogP contribution in [0.1, 0.15) is 21.5 Å².